The van der Waals surface area contributed by atoms with Crippen LogP contribution in [0.4, 0.5) is 4.39 Å². The number of rotatable bonds is 4. The minimum Gasteiger partial charge on any atom is -0.356 e. The molecule has 8 heteroatoms. The molecule has 3 rings (SSSR count). The zero-order valence-electron chi connectivity index (χ0n) is 12.0. The number of carbonyl (C=O) groups is 1. The molecule has 2 heterocycles. The summed E-state index contributed by atoms with van der Waals surface area (Å²) < 4.78 is 18.9. The van der Waals surface area contributed by atoms with Crippen LogP contribution in [0.25, 0.3) is 11.4 Å². The van der Waals surface area contributed by atoms with Crippen molar-refractivity contribution in [2.75, 3.05) is 0 Å². The standard InChI is InChI=1S/C15H12BrFN4O2/c1-8(19-14(22)12-6-10(16)7-18-12)15-20-13(21-23-15)9-2-4-11(17)5-3-9/h2-8,18H,1H3,(H,19,22)/t8-/m0/s1. The van der Waals surface area contributed by atoms with Crippen LogP contribution in [0.5, 0.6) is 0 Å². The molecular formula is C15H12BrFN4O2. The maximum absolute atomic E-state index is 12.9. The third-order valence-corrected chi connectivity index (χ3v) is 3.61. The minimum atomic E-state index is -0.466. The van der Waals surface area contributed by atoms with Crippen LogP contribution in [-0.2, 0) is 0 Å². The summed E-state index contributed by atoms with van der Waals surface area (Å²) in [4.78, 5) is 19.1. The highest BCUT2D eigenvalue weighted by Gasteiger charge is 2.18. The molecule has 0 radical (unpaired) electrons. The van der Waals surface area contributed by atoms with Gasteiger partial charge in [0.2, 0.25) is 11.7 Å². The van der Waals surface area contributed by atoms with Crippen molar-refractivity contribution in [3.63, 3.8) is 0 Å². The Kier molecular flexibility index (Phi) is 4.24. The van der Waals surface area contributed by atoms with Gasteiger partial charge in [0.1, 0.15) is 17.6 Å². The Morgan fingerprint density at radius 2 is 2.13 bits per heavy atom. The smallest absolute Gasteiger partial charge is 0.268 e. The Morgan fingerprint density at radius 3 is 2.78 bits per heavy atom. The number of halogens is 2. The molecular weight excluding hydrogens is 367 g/mol. The Bertz CT molecular complexity index is 828. The van der Waals surface area contributed by atoms with Crippen LogP contribution < -0.4 is 5.32 Å². The van der Waals surface area contributed by atoms with Gasteiger partial charge in [-0.3, -0.25) is 4.79 Å². The van der Waals surface area contributed by atoms with Crippen LogP contribution in [0.3, 0.4) is 0 Å². The van der Waals surface area contributed by atoms with E-state index >= 15 is 0 Å². The predicted molar refractivity (Wildman–Crippen MR) is 84.1 cm³/mol. The van der Waals surface area contributed by atoms with Crippen molar-refractivity contribution in [1.29, 1.82) is 0 Å². The topological polar surface area (TPSA) is 83.8 Å². The molecule has 1 amide bonds. The number of amides is 1. The lowest BCUT2D eigenvalue weighted by atomic mass is 10.2. The summed E-state index contributed by atoms with van der Waals surface area (Å²) in [5.41, 5.74) is 1.05. The fourth-order valence-electron chi connectivity index (χ4n) is 1.96. The van der Waals surface area contributed by atoms with Crippen LogP contribution in [-0.4, -0.2) is 21.0 Å². The SMILES string of the molecule is C[C@H](NC(=O)c1cc(Br)c[nH]1)c1nc(-c2ccc(F)cc2)no1. The molecule has 0 aliphatic rings. The summed E-state index contributed by atoms with van der Waals surface area (Å²) in [6, 6.07) is 6.96. The first-order valence-corrected chi connectivity index (χ1v) is 7.56. The zero-order valence-corrected chi connectivity index (χ0v) is 13.6. The Balaban J connectivity index is 1.72. The van der Waals surface area contributed by atoms with E-state index in [1.54, 1.807) is 31.3 Å². The highest BCUT2D eigenvalue weighted by atomic mass is 79.9. The molecule has 0 saturated carbocycles. The van der Waals surface area contributed by atoms with E-state index in [4.69, 9.17) is 4.52 Å². The zero-order chi connectivity index (χ0) is 16.4. The normalized spacial score (nSPS) is 12.1. The van der Waals surface area contributed by atoms with E-state index in [2.05, 4.69) is 36.4 Å². The van der Waals surface area contributed by atoms with Crippen molar-refractivity contribution in [3.8, 4) is 11.4 Å². The summed E-state index contributed by atoms with van der Waals surface area (Å²) >= 11 is 3.27. The maximum atomic E-state index is 12.9. The Labute approximate surface area is 139 Å². The van der Waals surface area contributed by atoms with E-state index in [1.807, 2.05) is 0 Å². The van der Waals surface area contributed by atoms with Gasteiger partial charge in [0.05, 0.1) is 0 Å². The van der Waals surface area contributed by atoms with E-state index in [-0.39, 0.29) is 17.6 Å². The second-order valence-corrected chi connectivity index (χ2v) is 5.81. The lowest BCUT2D eigenvalue weighted by molar-refractivity contribution is 0.0928. The molecule has 0 fully saturated rings. The number of aromatic nitrogens is 3. The van der Waals surface area contributed by atoms with Crippen molar-refractivity contribution in [3.05, 3.63) is 58.4 Å². The summed E-state index contributed by atoms with van der Waals surface area (Å²) in [5, 5.41) is 6.60. The van der Waals surface area contributed by atoms with Gasteiger partial charge in [0.15, 0.2) is 0 Å². The maximum Gasteiger partial charge on any atom is 0.268 e. The highest BCUT2D eigenvalue weighted by Crippen LogP contribution is 2.19. The van der Waals surface area contributed by atoms with Crippen molar-refractivity contribution >= 4 is 21.8 Å². The van der Waals surface area contributed by atoms with Crippen LogP contribution >= 0.6 is 15.9 Å². The van der Waals surface area contributed by atoms with E-state index in [9.17, 15) is 9.18 Å². The molecule has 1 atom stereocenters. The van der Waals surface area contributed by atoms with Gasteiger partial charge >= 0.3 is 0 Å². The van der Waals surface area contributed by atoms with Crippen LogP contribution in [0.1, 0.15) is 29.3 Å². The molecule has 23 heavy (non-hydrogen) atoms. The third-order valence-electron chi connectivity index (χ3n) is 3.15. The molecule has 6 nitrogen and oxygen atoms in total. The van der Waals surface area contributed by atoms with E-state index < -0.39 is 6.04 Å². The number of aromatic amines is 1. The van der Waals surface area contributed by atoms with E-state index in [0.29, 0.717) is 17.1 Å². The van der Waals surface area contributed by atoms with Gasteiger partial charge in [-0.15, -0.1) is 0 Å². The predicted octanol–water partition coefficient (Wildman–Crippen LogP) is 3.46. The van der Waals surface area contributed by atoms with Crippen molar-refractivity contribution in [1.82, 2.24) is 20.4 Å². The third kappa shape index (κ3) is 3.48. The van der Waals surface area contributed by atoms with E-state index in [0.717, 1.165) is 4.47 Å². The first-order chi connectivity index (χ1) is 11.0. The highest BCUT2D eigenvalue weighted by molar-refractivity contribution is 9.10. The van der Waals surface area contributed by atoms with Crippen molar-refractivity contribution in [2.24, 2.45) is 0 Å². The fourth-order valence-corrected chi connectivity index (χ4v) is 2.31. The quantitative estimate of drug-likeness (QED) is 0.727. The van der Waals surface area contributed by atoms with Gasteiger partial charge in [-0.2, -0.15) is 4.98 Å². The fraction of sp³-hybridized carbons (Fsp3) is 0.133. The van der Waals surface area contributed by atoms with Gasteiger partial charge in [0, 0.05) is 16.2 Å². The number of nitrogens with zero attached hydrogens (tertiary/aromatic N) is 2. The number of benzene rings is 1. The molecule has 2 N–H and O–H groups in total. The van der Waals surface area contributed by atoms with Gasteiger partial charge < -0.3 is 14.8 Å². The molecule has 0 unspecified atom stereocenters. The number of nitrogens with one attached hydrogen (secondary N) is 2. The monoisotopic (exact) mass is 378 g/mol. The molecule has 0 aliphatic carbocycles. The summed E-state index contributed by atoms with van der Waals surface area (Å²) in [6.45, 7) is 1.73. The average Bonchev–Trinajstić information content (AvgIpc) is 3.17. The summed E-state index contributed by atoms with van der Waals surface area (Å²) in [6.07, 6.45) is 1.67. The molecule has 1 aromatic carbocycles. The second kappa shape index (κ2) is 6.33. The average molecular weight is 379 g/mol. The number of H-pyrrole nitrogens is 1. The van der Waals surface area contributed by atoms with E-state index in [1.165, 1.54) is 12.1 Å². The van der Waals surface area contributed by atoms with Crippen LogP contribution in [0.2, 0.25) is 0 Å². The van der Waals surface area contributed by atoms with Crippen LogP contribution in [0, 0.1) is 5.82 Å². The molecule has 2 aromatic heterocycles. The number of hydrogen-bond donors (Lipinski definition) is 2. The van der Waals surface area contributed by atoms with Crippen molar-refractivity contribution < 1.29 is 13.7 Å². The number of hydrogen-bond acceptors (Lipinski definition) is 4. The van der Waals surface area contributed by atoms with Gasteiger partial charge in [-0.1, -0.05) is 5.16 Å². The summed E-state index contributed by atoms with van der Waals surface area (Å²) in [7, 11) is 0. The summed E-state index contributed by atoms with van der Waals surface area (Å²) in [5.74, 6) is -0.0213. The van der Waals surface area contributed by atoms with Gasteiger partial charge in [-0.25, -0.2) is 4.39 Å². The molecule has 0 bridgehead atoms. The van der Waals surface area contributed by atoms with Crippen molar-refractivity contribution in [2.45, 2.75) is 13.0 Å². The van der Waals surface area contributed by atoms with Gasteiger partial charge in [-0.05, 0) is 53.2 Å². The van der Waals surface area contributed by atoms with Gasteiger partial charge in [0.25, 0.3) is 5.91 Å². The second-order valence-electron chi connectivity index (χ2n) is 4.89. The minimum absolute atomic E-state index is 0.267. The largest absolute Gasteiger partial charge is 0.356 e. The van der Waals surface area contributed by atoms with Crippen LogP contribution in [0.15, 0.2) is 45.5 Å². The molecule has 0 saturated heterocycles. The molecule has 118 valence electrons. The Morgan fingerprint density at radius 1 is 1.39 bits per heavy atom. The Hall–Kier alpha value is -2.48. The molecule has 0 aliphatic heterocycles. The first kappa shape index (κ1) is 15.4. The number of carbonyl (C=O) groups excluding carboxylic acids is 1. The molecule has 3 aromatic rings. The lowest BCUT2D eigenvalue weighted by Gasteiger charge is -2.08. The lowest BCUT2D eigenvalue weighted by Crippen LogP contribution is -2.27. The molecule has 0 spiro atoms. The first-order valence-electron chi connectivity index (χ1n) is 6.77.